The fraction of sp³-hybridized carbons (Fsp3) is 0.500. The van der Waals surface area contributed by atoms with E-state index in [2.05, 4.69) is 32.1 Å². The van der Waals surface area contributed by atoms with Gasteiger partial charge in [0.1, 0.15) is 17.8 Å². The number of amides is 1. The monoisotopic (exact) mass is 304 g/mol. The first-order valence-corrected chi connectivity index (χ1v) is 7.34. The second-order valence-electron chi connectivity index (χ2n) is 5.78. The molecule has 0 aromatic carbocycles. The molecule has 22 heavy (non-hydrogen) atoms. The highest BCUT2D eigenvalue weighted by atomic mass is 16.4. The minimum Gasteiger partial charge on any atom is -0.465 e. The van der Waals surface area contributed by atoms with Crippen molar-refractivity contribution >= 4 is 22.9 Å². The highest BCUT2D eigenvalue weighted by Crippen LogP contribution is 2.31. The predicted molar refractivity (Wildman–Crippen MR) is 83.0 cm³/mol. The quantitative estimate of drug-likeness (QED) is 0.660. The van der Waals surface area contributed by atoms with Gasteiger partial charge in [0.05, 0.1) is 10.9 Å². The van der Waals surface area contributed by atoms with Crippen molar-refractivity contribution in [3.05, 3.63) is 18.1 Å². The van der Waals surface area contributed by atoms with E-state index in [9.17, 15) is 4.79 Å². The second-order valence-corrected chi connectivity index (χ2v) is 5.78. The molecule has 5 N–H and O–H groups in total. The molecule has 2 aromatic rings. The molecule has 0 saturated carbocycles. The number of anilines is 1. The standard InChI is InChI=1S/C14H20N6O2/c1-2-9-5-16-11-10(9)12(19-8-18-11)20-4-3-14(15,7-20)6-17-13(21)22/h5,8,17H,2-4,6-7,15H2,1H3,(H,21,22)(H,16,18,19). The molecule has 8 nitrogen and oxygen atoms in total. The number of H-pyrrole nitrogens is 1. The van der Waals surface area contributed by atoms with E-state index in [1.54, 1.807) is 6.33 Å². The Balaban J connectivity index is 1.87. The molecule has 8 heteroatoms. The van der Waals surface area contributed by atoms with E-state index in [0.717, 1.165) is 29.8 Å². The van der Waals surface area contributed by atoms with Gasteiger partial charge in [-0.3, -0.25) is 0 Å². The maximum atomic E-state index is 10.7. The van der Waals surface area contributed by atoms with Gasteiger partial charge in [-0.25, -0.2) is 14.8 Å². The molecule has 0 aliphatic carbocycles. The van der Waals surface area contributed by atoms with Gasteiger partial charge in [-0.05, 0) is 18.4 Å². The molecular formula is C14H20N6O2. The number of carbonyl (C=O) groups is 1. The number of fused-ring (bicyclic) bond motifs is 1. The Morgan fingerprint density at radius 1 is 1.59 bits per heavy atom. The molecule has 1 atom stereocenters. The lowest BCUT2D eigenvalue weighted by Crippen LogP contribution is -2.51. The molecule has 1 saturated heterocycles. The summed E-state index contributed by atoms with van der Waals surface area (Å²) in [5.41, 5.74) is 7.72. The first-order chi connectivity index (χ1) is 10.5. The lowest BCUT2D eigenvalue weighted by molar-refractivity contribution is 0.191. The number of aromatic nitrogens is 3. The number of rotatable bonds is 4. The number of carboxylic acid groups (broad SMARTS) is 1. The van der Waals surface area contributed by atoms with Gasteiger partial charge in [-0.2, -0.15) is 0 Å². The number of aryl methyl sites for hydroxylation is 1. The Morgan fingerprint density at radius 2 is 2.41 bits per heavy atom. The van der Waals surface area contributed by atoms with Crippen LogP contribution in [-0.2, 0) is 6.42 Å². The lowest BCUT2D eigenvalue weighted by atomic mass is 10.0. The van der Waals surface area contributed by atoms with Crippen LogP contribution in [0.25, 0.3) is 11.0 Å². The van der Waals surface area contributed by atoms with Crippen LogP contribution in [0, 0.1) is 0 Å². The molecule has 1 unspecified atom stereocenters. The molecule has 1 aliphatic rings. The van der Waals surface area contributed by atoms with Gasteiger partial charge in [0.2, 0.25) is 0 Å². The molecule has 0 spiro atoms. The first kappa shape index (κ1) is 14.6. The number of hydrogen-bond acceptors (Lipinski definition) is 5. The highest BCUT2D eigenvalue weighted by molar-refractivity contribution is 5.91. The zero-order valence-corrected chi connectivity index (χ0v) is 12.5. The maximum absolute atomic E-state index is 10.7. The van der Waals surface area contributed by atoms with Crippen LogP contribution in [0.1, 0.15) is 18.9 Å². The number of nitrogens with zero attached hydrogens (tertiary/aromatic N) is 3. The van der Waals surface area contributed by atoms with Crippen LogP contribution in [0.5, 0.6) is 0 Å². The maximum Gasteiger partial charge on any atom is 0.404 e. The molecule has 118 valence electrons. The van der Waals surface area contributed by atoms with Gasteiger partial charge in [-0.1, -0.05) is 6.92 Å². The fourth-order valence-electron chi connectivity index (χ4n) is 3.00. The summed E-state index contributed by atoms with van der Waals surface area (Å²) in [7, 11) is 0. The minimum absolute atomic E-state index is 0.237. The van der Waals surface area contributed by atoms with Crippen LogP contribution in [0.15, 0.2) is 12.5 Å². The van der Waals surface area contributed by atoms with E-state index in [0.29, 0.717) is 13.0 Å². The SMILES string of the molecule is CCc1c[nH]c2ncnc(N3CCC(N)(CNC(=O)O)C3)c12. The lowest BCUT2D eigenvalue weighted by Gasteiger charge is -2.25. The Hall–Kier alpha value is -2.35. The van der Waals surface area contributed by atoms with Crippen molar-refractivity contribution in [1.29, 1.82) is 0 Å². The number of nitrogens with two attached hydrogens (primary N) is 1. The normalized spacial score (nSPS) is 21.5. The largest absolute Gasteiger partial charge is 0.465 e. The summed E-state index contributed by atoms with van der Waals surface area (Å²) in [5.74, 6) is 0.866. The van der Waals surface area contributed by atoms with Crippen molar-refractivity contribution in [3.63, 3.8) is 0 Å². The average Bonchev–Trinajstić information content (AvgIpc) is 3.09. The summed E-state index contributed by atoms with van der Waals surface area (Å²) < 4.78 is 0. The van der Waals surface area contributed by atoms with Gasteiger partial charge in [0.15, 0.2) is 0 Å². The van der Waals surface area contributed by atoms with Crippen LogP contribution >= 0.6 is 0 Å². The number of nitrogens with one attached hydrogen (secondary N) is 2. The van der Waals surface area contributed by atoms with Crippen molar-refractivity contribution in [3.8, 4) is 0 Å². The van der Waals surface area contributed by atoms with Gasteiger partial charge < -0.3 is 26.0 Å². The van der Waals surface area contributed by atoms with Gasteiger partial charge in [0, 0.05) is 25.8 Å². The van der Waals surface area contributed by atoms with Crippen LogP contribution < -0.4 is 16.0 Å². The van der Waals surface area contributed by atoms with Crippen LogP contribution in [0.3, 0.4) is 0 Å². The molecule has 0 radical (unpaired) electrons. The molecule has 1 aliphatic heterocycles. The Morgan fingerprint density at radius 3 is 3.14 bits per heavy atom. The Kier molecular flexibility index (Phi) is 3.61. The molecule has 1 fully saturated rings. The van der Waals surface area contributed by atoms with Crippen molar-refractivity contribution in [2.75, 3.05) is 24.5 Å². The third kappa shape index (κ3) is 2.57. The van der Waals surface area contributed by atoms with E-state index >= 15 is 0 Å². The Bertz CT molecular complexity index is 700. The summed E-state index contributed by atoms with van der Waals surface area (Å²) >= 11 is 0. The van der Waals surface area contributed by atoms with E-state index < -0.39 is 11.6 Å². The average molecular weight is 304 g/mol. The van der Waals surface area contributed by atoms with Crippen LogP contribution in [-0.4, -0.2) is 51.3 Å². The molecule has 3 rings (SSSR count). The van der Waals surface area contributed by atoms with Crippen molar-refractivity contribution < 1.29 is 9.90 Å². The zero-order valence-electron chi connectivity index (χ0n) is 12.5. The minimum atomic E-state index is -1.05. The highest BCUT2D eigenvalue weighted by Gasteiger charge is 2.36. The van der Waals surface area contributed by atoms with Crippen molar-refractivity contribution in [2.24, 2.45) is 5.73 Å². The van der Waals surface area contributed by atoms with E-state index in [-0.39, 0.29) is 6.54 Å². The molecular weight excluding hydrogens is 284 g/mol. The van der Waals surface area contributed by atoms with Crippen molar-refractivity contribution in [1.82, 2.24) is 20.3 Å². The topological polar surface area (TPSA) is 120 Å². The molecule has 1 amide bonds. The summed E-state index contributed by atoms with van der Waals surface area (Å²) in [6.07, 6.45) is 4.06. The van der Waals surface area contributed by atoms with Gasteiger partial charge in [0.25, 0.3) is 0 Å². The van der Waals surface area contributed by atoms with Crippen LogP contribution in [0.4, 0.5) is 10.6 Å². The molecule has 2 aromatic heterocycles. The predicted octanol–water partition coefficient (Wildman–Crippen LogP) is 0.695. The first-order valence-electron chi connectivity index (χ1n) is 7.34. The number of hydrogen-bond donors (Lipinski definition) is 4. The zero-order chi connectivity index (χ0) is 15.7. The van der Waals surface area contributed by atoms with Crippen LogP contribution in [0.2, 0.25) is 0 Å². The second kappa shape index (κ2) is 5.45. The van der Waals surface area contributed by atoms with Gasteiger partial charge >= 0.3 is 6.09 Å². The Labute approximate surface area is 127 Å². The fourth-order valence-corrected chi connectivity index (χ4v) is 3.00. The van der Waals surface area contributed by atoms with E-state index in [4.69, 9.17) is 10.8 Å². The van der Waals surface area contributed by atoms with Gasteiger partial charge in [-0.15, -0.1) is 0 Å². The van der Waals surface area contributed by atoms with Crippen molar-refractivity contribution in [2.45, 2.75) is 25.3 Å². The summed E-state index contributed by atoms with van der Waals surface area (Å²) in [4.78, 5) is 24.6. The third-order valence-electron chi connectivity index (χ3n) is 4.19. The van der Waals surface area contributed by atoms with E-state index in [1.807, 2.05) is 6.20 Å². The number of aromatic amines is 1. The smallest absolute Gasteiger partial charge is 0.404 e. The summed E-state index contributed by atoms with van der Waals surface area (Å²) in [6.45, 7) is 3.64. The van der Waals surface area contributed by atoms with E-state index in [1.165, 1.54) is 5.56 Å². The molecule has 0 bridgehead atoms. The summed E-state index contributed by atoms with van der Waals surface area (Å²) in [6, 6.07) is 0. The summed E-state index contributed by atoms with van der Waals surface area (Å²) in [5, 5.41) is 12.2. The molecule has 3 heterocycles. The third-order valence-corrected chi connectivity index (χ3v) is 4.19.